The van der Waals surface area contributed by atoms with Crippen molar-refractivity contribution in [3.8, 4) is 17.0 Å². The first-order valence-electron chi connectivity index (χ1n) is 14.2. The van der Waals surface area contributed by atoms with Crippen molar-refractivity contribution in [2.75, 3.05) is 0 Å². The predicted molar refractivity (Wildman–Crippen MR) is 148 cm³/mol. The second-order valence-corrected chi connectivity index (χ2v) is 12.8. The summed E-state index contributed by atoms with van der Waals surface area (Å²) in [5.41, 5.74) is -0.0255. The molecule has 2 aromatic carbocycles. The summed E-state index contributed by atoms with van der Waals surface area (Å²) in [6.45, 7) is 0.282. The van der Waals surface area contributed by atoms with E-state index >= 15 is 0 Å². The minimum atomic E-state index is -1.30. The van der Waals surface area contributed by atoms with Crippen molar-refractivity contribution in [1.82, 2.24) is 5.16 Å². The van der Waals surface area contributed by atoms with Crippen molar-refractivity contribution in [2.24, 2.45) is 11.8 Å². The fourth-order valence-electron chi connectivity index (χ4n) is 6.91. The third-order valence-electron chi connectivity index (χ3n) is 9.37. The highest BCUT2D eigenvalue weighted by Crippen LogP contribution is 2.56. The van der Waals surface area contributed by atoms with Crippen LogP contribution in [0.3, 0.4) is 0 Å². The average molecular weight is 602 g/mol. The van der Waals surface area contributed by atoms with Crippen molar-refractivity contribution in [3.05, 3.63) is 69.1 Å². The minimum Gasteiger partial charge on any atom is -0.478 e. The first kappa shape index (κ1) is 27.2. The van der Waals surface area contributed by atoms with Gasteiger partial charge in [0.1, 0.15) is 23.0 Å². The van der Waals surface area contributed by atoms with Crippen LogP contribution in [0.5, 0.6) is 5.75 Å². The zero-order chi connectivity index (χ0) is 28.5. The standard InChI is InChI=1S/C31H30Cl2FNO6/c32-24-2-1-3-25(33)26(24)27-23(28(41-35-27)16-4-5-16)15-39-21-11-17-6-7-18(12-21)31(17,38)19-10-20(34)14-22(13-19)40-30(8-9-30)29(36)37/h1-3,10,13-14,16-18,21,38H,4-9,11-12,15H2,(H,36,37)/t17-,18+,21-,31+. The van der Waals surface area contributed by atoms with Gasteiger partial charge in [0, 0.05) is 36.0 Å². The van der Waals surface area contributed by atoms with Crippen molar-refractivity contribution in [2.45, 2.75) is 81.2 Å². The molecule has 216 valence electrons. The first-order chi connectivity index (χ1) is 19.7. The maximum absolute atomic E-state index is 14.7. The number of halogens is 3. The fourth-order valence-corrected chi connectivity index (χ4v) is 7.49. The number of carboxylic acid groups (broad SMARTS) is 1. The van der Waals surface area contributed by atoms with Crippen LogP contribution in [0, 0.1) is 17.7 Å². The molecule has 1 heterocycles. The van der Waals surface area contributed by atoms with Crippen LogP contribution >= 0.6 is 23.2 Å². The molecule has 10 heteroatoms. The van der Waals surface area contributed by atoms with Gasteiger partial charge in [-0.05, 0) is 80.2 Å². The van der Waals surface area contributed by atoms with Gasteiger partial charge in [0.15, 0.2) is 0 Å². The molecule has 0 radical (unpaired) electrons. The largest absolute Gasteiger partial charge is 0.478 e. The molecule has 4 saturated carbocycles. The van der Waals surface area contributed by atoms with E-state index in [2.05, 4.69) is 5.16 Å². The molecule has 0 saturated heterocycles. The van der Waals surface area contributed by atoms with E-state index in [1.54, 1.807) is 24.3 Å². The van der Waals surface area contributed by atoms with E-state index in [4.69, 9.17) is 37.2 Å². The van der Waals surface area contributed by atoms with E-state index < -0.39 is 23.0 Å². The number of carbonyl (C=O) groups is 1. The summed E-state index contributed by atoms with van der Waals surface area (Å²) < 4.78 is 32.7. The summed E-state index contributed by atoms with van der Waals surface area (Å²) in [7, 11) is 0. The van der Waals surface area contributed by atoms with E-state index in [9.17, 15) is 19.4 Å². The molecule has 0 unspecified atom stereocenters. The highest BCUT2D eigenvalue weighted by Gasteiger charge is 2.56. The third kappa shape index (κ3) is 4.73. The quantitative estimate of drug-likeness (QED) is 0.266. The van der Waals surface area contributed by atoms with E-state index in [0.717, 1.165) is 37.0 Å². The number of carboxylic acids is 1. The third-order valence-corrected chi connectivity index (χ3v) is 10.0. The Hall–Kier alpha value is -2.65. The number of aliphatic hydroxyl groups is 1. The van der Waals surface area contributed by atoms with Crippen molar-refractivity contribution in [1.29, 1.82) is 0 Å². The Morgan fingerprint density at radius 3 is 2.37 bits per heavy atom. The smallest absolute Gasteiger partial charge is 0.348 e. The molecule has 4 fully saturated rings. The van der Waals surface area contributed by atoms with Gasteiger partial charge in [-0.25, -0.2) is 9.18 Å². The Morgan fingerprint density at radius 1 is 1.07 bits per heavy atom. The van der Waals surface area contributed by atoms with E-state index in [-0.39, 0.29) is 30.3 Å². The van der Waals surface area contributed by atoms with Gasteiger partial charge in [0.25, 0.3) is 0 Å². The summed E-state index contributed by atoms with van der Waals surface area (Å²) in [5, 5.41) is 26.8. The SMILES string of the molecule is O=C(O)C1(Oc2cc(F)cc([C@]3(O)[C@@H]4CC[C@H]3C[C@H](OCc3c(-c5c(Cl)cccc5Cl)noc3C3CC3)C4)c2)CC1. The number of ether oxygens (including phenoxy) is 2. The molecule has 2 bridgehead atoms. The van der Waals surface area contributed by atoms with Crippen molar-refractivity contribution in [3.63, 3.8) is 0 Å². The molecule has 4 aliphatic carbocycles. The number of nitrogens with zero attached hydrogens (tertiary/aromatic N) is 1. The van der Waals surface area contributed by atoms with Crippen LogP contribution in [0.2, 0.25) is 10.0 Å². The van der Waals surface area contributed by atoms with Gasteiger partial charge >= 0.3 is 5.97 Å². The van der Waals surface area contributed by atoms with Crippen LogP contribution in [-0.2, 0) is 21.7 Å². The van der Waals surface area contributed by atoms with Crippen LogP contribution in [-0.4, -0.2) is 33.0 Å². The zero-order valence-electron chi connectivity index (χ0n) is 22.2. The number of benzene rings is 2. The number of aromatic nitrogens is 1. The summed E-state index contributed by atoms with van der Waals surface area (Å²) in [6.07, 6.45) is 5.48. The number of hydrogen-bond donors (Lipinski definition) is 2. The number of fused-ring (bicyclic) bond motifs is 2. The average Bonchev–Trinajstić information content (AvgIpc) is 3.85. The molecular formula is C31H30Cl2FNO6. The van der Waals surface area contributed by atoms with Gasteiger partial charge in [-0.15, -0.1) is 0 Å². The lowest BCUT2D eigenvalue weighted by Crippen LogP contribution is -2.44. The molecule has 41 heavy (non-hydrogen) atoms. The van der Waals surface area contributed by atoms with E-state index in [0.29, 0.717) is 58.5 Å². The van der Waals surface area contributed by atoms with Crippen LogP contribution in [0.1, 0.15) is 74.2 Å². The van der Waals surface area contributed by atoms with Crippen LogP contribution in [0.15, 0.2) is 40.9 Å². The topological polar surface area (TPSA) is 102 Å². The molecule has 0 amide bonds. The Bertz CT molecular complexity index is 1480. The molecule has 0 spiro atoms. The lowest BCUT2D eigenvalue weighted by atomic mass is 9.69. The van der Waals surface area contributed by atoms with Gasteiger partial charge in [0.05, 0.1) is 28.4 Å². The van der Waals surface area contributed by atoms with E-state index in [1.807, 2.05) is 0 Å². The molecule has 2 N–H and O–H groups in total. The summed E-state index contributed by atoms with van der Waals surface area (Å²) in [4.78, 5) is 11.6. The van der Waals surface area contributed by atoms with Gasteiger partial charge < -0.3 is 24.2 Å². The Labute approximate surface area is 246 Å². The summed E-state index contributed by atoms with van der Waals surface area (Å²) in [5.74, 6) is -0.640. The van der Waals surface area contributed by atoms with Gasteiger partial charge in [-0.3, -0.25) is 0 Å². The molecule has 3 aromatic rings. The molecule has 7 rings (SSSR count). The highest BCUT2D eigenvalue weighted by molar-refractivity contribution is 6.39. The maximum Gasteiger partial charge on any atom is 0.348 e. The second kappa shape index (κ2) is 9.97. The number of aliphatic carboxylic acids is 1. The minimum absolute atomic E-state index is 0.115. The fraction of sp³-hybridized carbons (Fsp3) is 0.484. The van der Waals surface area contributed by atoms with Gasteiger partial charge in [-0.1, -0.05) is 34.4 Å². The van der Waals surface area contributed by atoms with Crippen LogP contribution in [0.4, 0.5) is 4.39 Å². The lowest BCUT2D eigenvalue weighted by molar-refractivity contribution is -0.147. The molecular weight excluding hydrogens is 572 g/mol. The molecule has 7 nitrogen and oxygen atoms in total. The second-order valence-electron chi connectivity index (χ2n) is 12.0. The Morgan fingerprint density at radius 2 is 1.76 bits per heavy atom. The molecule has 4 atom stereocenters. The highest BCUT2D eigenvalue weighted by atomic mass is 35.5. The van der Waals surface area contributed by atoms with Gasteiger partial charge in [0.2, 0.25) is 5.60 Å². The van der Waals surface area contributed by atoms with Gasteiger partial charge in [-0.2, -0.15) is 0 Å². The van der Waals surface area contributed by atoms with Crippen LogP contribution in [0.25, 0.3) is 11.3 Å². The zero-order valence-corrected chi connectivity index (χ0v) is 23.8. The predicted octanol–water partition coefficient (Wildman–Crippen LogP) is 7.25. The van der Waals surface area contributed by atoms with Crippen molar-refractivity contribution < 1.29 is 33.4 Å². The monoisotopic (exact) mass is 601 g/mol. The van der Waals surface area contributed by atoms with Crippen LogP contribution < -0.4 is 4.74 Å². The molecule has 1 aromatic heterocycles. The Kier molecular flexibility index (Phi) is 6.62. The molecule has 4 aliphatic rings. The first-order valence-corrected chi connectivity index (χ1v) is 14.9. The summed E-state index contributed by atoms with van der Waals surface area (Å²) in [6, 6.07) is 9.47. The maximum atomic E-state index is 14.7. The Balaban J connectivity index is 1.11. The lowest BCUT2D eigenvalue weighted by Gasteiger charge is -2.43. The van der Waals surface area contributed by atoms with E-state index in [1.165, 1.54) is 12.1 Å². The number of rotatable bonds is 9. The number of hydrogen-bond acceptors (Lipinski definition) is 6. The molecule has 0 aliphatic heterocycles. The summed E-state index contributed by atoms with van der Waals surface area (Å²) >= 11 is 13.0. The normalized spacial score (nSPS) is 28.0. The van der Waals surface area contributed by atoms with Crippen molar-refractivity contribution >= 4 is 29.2 Å².